The fourth-order valence-corrected chi connectivity index (χ4v) is 11.6. The van der Waals surface area contributed by atoms with Crippen molar-refractivity contribution in [3.05, 3.63) is 160 Å². The smallest absolute Gasteiger partial charge is 0.470 e. The number of hydrogen-bond acceptors (Lipinski definition) is 30. The van der Waals surface area contributed by atoms with Crippen molar-refractivity contribution < 1.29 is 133 Å². The van der Waals surface area contributed by atoms with Crippen LogP contribution < -0.4 is 53.8 Å². The van der Waals surface area contributed by atoms with Crippen molar-refractivity contribution in [2.75, 3.05) is 0 Å². The van der Waals surface area contributed by atoms with Crippen LogP contribution in [-0.4, -0.2) is 66.1 Å². The lowest BCUT2D eigenvalue weighted by Gasteiger charge is -2.54. The Bertz CT molecular complexity index is 2620. The highest BCUT2D eigenvalue weighted by atomic mass is 31.2. The van der Waals surface area contributed by atoms with Crippen molar-refractivity contribution in [2.24, 2.45) is 0 Å². The number of para-hydroxylation sites is 4. The third kappa shape index (κ3) is 18.5. The molecule has 76 heavy (non-hydrogen) atoms. The number of rotatable bonds is 28. The molecule has 42 heteroatoms. The third-order valence-corrected chi connectivity index (χ3v) is 14.5. The molecule has 4 aromatic rings. The molecule has 416 valence electrons. The van der Waals surface area contributed by atoms with Gasteiger partial charge < -0.3 is 63.6 Å². The van der Waals surface area contributed by atoms with Crippen molar-refractivity contribution in [3.8, 4) is 0 Å². The molecule has 2 N–H and O–H groups in total. The van der Waals surface area contributed by atoms with Gasteiger partial charge in [-0.1, -0.05) is 48.5 Å². The maximum absolute atomic E-state index is 15.1. The zero-order valence-corrected chi connectivity index (χ0v) is 42.5. The van der Waals surface area contributed by atoms with Crippen molar-refractivity contribution >= 4 is 71.4 Å². The quantitative estimate of drug-likeness (QED) is 0.0313. The molecule has 0 unspecified atom stereocenters. The Morgan fingerprint density at radius 3 is 0.803 bits per heavy atom. The van der Waals surface area contributed by atoms with E-state index in [1.54, 1.807) is 0 Å². The lowest BCUT2D eigenvalue weighted by atomic mass is 9.85. The van der Waals surface area contributed by atoms with Gasteiger partial charge >= 0.3 is 24.2 Å². The van der Waals surface area contributed by atoms with Crippen molar-refractivity contribution in [3.63, 3.8) is 0 Å². The van der Waals surface area contributed by atoms with Gasteiger partial charge in [-0.25, -0.2) is 18.1 Å². The Morgan fingerprint density at radius 2 is 0.592 bits per heavy atom. The van der Waals surface area contributed by atoms with Gasteiger partial charge in [-0.05, 0) is 48.8 Å². The summed E-state index contributed by atoms with van der Waals surface area (Å²) in [7, 11) is -40.0. The van der Waals surface area contributed by atoms with E-state index < -0.39 is 176 Å². The fourth-order valence-electron chi connectivity index (χ4n) is 6.78. The summed E-state index contributed by atoms with van der Waals surface area (Å²) >= 11 is 0. The summed E-state index contributed by atoms with van der Waals surface area (Å²) in [6.07, 6.45) is -21.8. The van der Waals surface area contributed by atoms with Gasteiger partial charge in [-0.2, -0.15) is 27.1 Å². The molecule has 1 aliphatic rings. The molecule has 0 aromatic heterocycles. The van der Waals surface area contributed by atoms with Crippen LogP contribution in [0.1, 0.15) is 22.3 Å². The molecule has 6 atom stereocenters. The summed E-state index contributed by atoms with van der Waals surface area (Å²) in [6.45, 7) is -5.53. The van der Waals surface area contributed by atoms with Gasteiger partial charge in [0.15, 0.2) is 30.5 Å². The van der Waals surface area contributed by atoms with Gasteiger partial charge in [0.05, 0.1) is 41.9 Å². The maximum atomic E-state index is 15.1. The van der Waals surface area contributed by atoms with E-state index in [0.29, 0.717) is 0 Å². The summed E-state index contributed by atoms with van der Waals surface area (Å²) in [4.78, 5) is 206. The largest absolute Gasteiger partial charge is 0.663 e. The minimum absolute atomic E-state index is 0.563. The van der Waals surface area contributed by atoms with Gasteiger partial charge in [0, 0.05) is 24.3 Å². The Kier molecular flexibility index (Phi) is 21.3. The van der Waals surface area contributed by atoms with E-state index in [4.69, 9.17) is 27.1 Å². The second kappa shape index (κ2) is 25.8. The summed E-state index contributed by atoms with van der Waals surface area (Å²) in [5, 5.41) is 47.7. The van der Waals surface area contributed by atoms with Crippen LogP contribution in [0.2, 0.25) is 0 Å². The number of nitrogens with zero attached hydrogens (tertiary/aromatic N) is 4. The zero-order chi connectivity index (χ0) is 56.6. The second-order valence-corrected chi connectivity index (χ2v) is 22.5. The topological polar surface area (TPSA) is 576 Å². The molecule has 1 fully saturated rings. The van der Waals surface area contributed by atoms with Gasteiger partial charge in [0.2, 0.25) is 0 Å². The lowest BCUT2D eigenvalue weighted by Crippen LogP contribution is -2.69. The molecule has 0 aliphatic heterocycles. The minimum atomic E-state index is -7.01. The van der Waals surface area contributed by atoms with E-state index >= 15 is 9.79 Å². The SMILES string of the molecule is O=[N+]([O-])c1ccccc1CO[P+]([O-])(OCc1ccccc1[N+](=O)[O-])O[C@@H]1[C@@H](O[P+]([O-])([O-])[O-])[C@H](OP(=O)(O)O)[C@H](O[P+]([O-])([O-])[O-])[C@H](O[P+]([O-])([O-])[O-])[C@H]1O[P+]([O-])(OCc1ccccc1[N+](=O)[O-])OCc1ccccc1[N+](=O)[O-]. The molecule has 1 saturated carbocycles. The Morgan fingerprint density at radius 1 is 0.382 bits per heavy atom. The highest BCUT2D eigenvalue weighted by Crippen LogP contribution is 2.64. The predicted molar refractivity (Wildman–Crippen MR) is 227 cm³/mol. The number of hydrogen-bond donors (Lipinski definition) is 2. The highest BCUT2D eigenvalue weighted by molar-refractivity contribution is 7.54. The first-order valence-electron chi connectivity index (χ1n) is 20.1. The van der Waals surface area contributed by atoms with Crippen LogP contribution in [0.15, 0.2) is 97.1 Å². The van der Waals surface area contributed by atoms with Crippen molar-refractivity contribution in [1.82, 2.24) is 0 Å². The van der Waals surface area contributed by atoms with E-state index in [9.17, 15) is 98.8 Å². The molecule has 0 bridgehead atoms. The van der Waals surface area contributed by atoms with Crippen LogP contribution in [0.25, 0.3) is 0 Å². The Balaban J connectivity index is 1.83. The Labute approximate surface area is 426 Å². The number of phosphoric ester groups is 6. The standard InChI is InChI=1S/C34H38N4O32P6/c39-35(40)25-13-5-1-9-21(25)17-61-75(59,62-18-22-10-2-6-14-26(22)36(41)42)69-33-31(67-73(53,54)55)29(65-71(47,48)49)30(66-72(50,51)52)32(68-74(56,57)58)34(33)70-76(60,63-19-23-11-3-7-15-27(23)37(43)44)64-20-24-12-4-8-16-28(24)38(45)46/h1-16,29-34H,17-20H2,(H2,47,48,49)(H2,50,51,52)(H2,53,54,55)(H2,56,57,58)/p-6/t29-,30+,31-,32-,33+,34+/m0/s1. The van der Waals surface area contributed by atoms with Gasteiger partial charge in [-0.15, -0.1) is 0 Å². The molecule has 0 saturated heterocycles. The van der Waals surface area contributed by atoms with Crippen LogP contribution in [0, 0.1) is 40.5 Å². The van der Waals surface area contributed by atoms with Gasteiger partial charge in [-0.3, -0.25) is 45.0 Å². The van der Waals surface area contributed by atoms with Crippen molar-refractivity contribution in [1.29, 1.82) is 0 Å². The summed E-state index contributed by atoms with van der Waals surface area (Å²) in [5.41, 5.74) is -5.58. The predicted octanol–water partition coefficient (Wildman–Crippen LogP) is -3.74. The lowest BCUT2D eigenvalue weighted by molar-refractivity contribution is -0.476. The van der Waals surface area contributed by atoms with Gasteiger partial charge in [0.1, 0.15) is 32.5 Å². The average molecular weight is 1190 g/mol. The minimum Gasteiger partial charge on any atom is -0.663 e. The normalized spacial score (nSPS) is 19.8. The monoisotopic (exact) mass is 1190 g/mol. The average Bonchev–Trinajstić information content (AvgIpc) is 3.31. The molecule has 5 rings (SSSR count). The molecule has 0 heterocycles. The molecule has 0 spiro atoms. The number of nitro benzene ring substituents is 4. The number of benzene rings is 4. The zero-order valence-electron chi connectivity index (χ0n) is 37.1. The maximum Gasteiger partial charge on any atom is 0.470 e. The van der Waals surface area contributed by atoms with Crippen LogP contribution >= 0.6 is 48.7 Å². The highest BCUT2D eigenvalue weighted by Gasteiger charge is 2.66. The van der Waals surface area contributed by atoms with Crippen LogP contribution in [0.3, 0.4) is 0 Å². The summed E-state index contributed by atoms with van der Waals surface area (Å²) in [6, 6.07) is 16.1. The second-order valence-electron chi connectivity index (χ2n) is 14.8. The van der Waals surface area contributed by atoms with Crippen LogP contribution in [0.4, 0.5) is 22.7 Å². The van der Waals surface area contributed by atoms with E-state index in [-0.39, 0.29) is 0 Å². The van der Waals surface area contributed by atoms with E-state index in [2.05, 4.69) is 18.1 Å². The summed E-state index contributed by atoms with van der Waals surface area (Å²) < 4.78 is 62.1. The first-order chi connectivity index (χ1) is 35.2. The molecule has 1 aliphatic carbocycles. The first-order valence-corrected chi connectivity index (χ1v) is 28.9. The summed E-state index contributed by atoms with van der Waals surface area (Å²) in [5.74, 6) is 0. The molecular formula is C34H32N4O32P6-6. The Hall–Kier alpha value is -4.06. The molecule has 4 aromatic carbocycles. The molecule has 36 nitrogen and oxygen atoms in total. The van der Waals surface area contributed by atoms with Crippen LogP contribution in [-0.2, 0) is 76.2 Å². The molecule has 0 radical (unpaired) electrons. The number of nitro groups is 4. The van der Waals surface area contributed by atoms with Crippen LogP contribution in [0.5, 0.6) is 0 Å². The fraction of sp³-hybridized carbons (Fsp3) is 0.294. The van der Waals surface area contributed by atoms with Crippen molar-refractivity contribution in [2.45, 2.75) is 63.1 Å². The third-order valence-electron chi connectivity index (χ3n) is 9.72. The first kappa shape index (κ1) is 62.8. The van der Waals surface area contributed by atoms with E-state index in [1.165, 1.54) is 0 Å². The molecule has 0 amide bonds. The van der Waals surface area contributed by atoms with Gasteiger partial charge in [0.25, 0.3) is 22.7 Å². The molecular weight excluding hydrogens is 1160 g/mol. The number of phosphoric acid groups is 6. The van der Waals surface area contributed by atoms with E-state index in [0.717, 1.165) is 97.1 Å². The van der Waals surface area contributed by atoms with E-state index in [1.807, 2.05) is 0 Å².